The van der Waals surface area contributed by atoms with Crippen molar-refractivity contribution < 1.29 is 4.42 Å². The summed E-state index contributed by atoms with van der Waals surface area (Å²) in [6.45, 7) is 0. The first-order chi connectivity index (χ1) is 34.7. The molecule has 0 N–H and O–H groups in total. The van der Waals surface area contributed by atoms with Crippen LogP contribution in [0.2, 0.25) is 0 Å². The molecule has 14 rings (SSSR count). The van der Waals surface area contributed by atoms with Gasteiger partial charge in [0.15, 0.2) is 8.07 Å². The molecule has 0 fully saturated rings. The summed E-state index contributed by atoms with van der Waals surface area (Å²) in [4.78, 5) is 0. The average molecular weight is 909 g/mol. The van der Waals surface area contributed by atoms with Crippen LogP contribution in [0.5, 0.6) is 0 Å². The first-order valence-corrected chi connectivity index (χ1v) is 26.1. The molecule has 0 saturated carbocycles. The van der Waals surface area contributed by atoms with Crippen molar-refractivity contribution in [3.63, 3.8) is 0 Å². The zero-order valence-corrected chi connectivity index (χ0v) is 39.2. The Kier molecular flexibility index (Phi) is 9.23. The van der Waals surface area contributed by atoms with Crippen LogP contribution in [-0.4, -0.2) is 17.2 Å². The minimum Gasteiger partial charge on any atom is -0.456 e. The lowest BCUT2D eigenvalue weighted by Crippen LogP contribution is -2.74. The lowest BCUT2D eigenvalue weighted by Gasteiger charge is -2.34. The molecule has 0 amide bonds. The molecule has 3 nitrogen and oxygen atoms in total. The Hall–Kier alpha value is -8.96. The Balaban J connectivity index is 1.00. The zero-order valence-electron chi connectivity index (χ0n) is 38.2. The van der Waals surface area contributed by atoms with Crippen LogP contribution in [0.3, 0.4) is 0 Å². The SMILES string of the molecule is c1ccc(-c2cccc(-n3c4ccc(-c5ccc6oc7ccccc7c6c5)cc4c4cc(-n5c6ccccc6c6cc([Si](c7ccccc7)(c7ccccc7)c7ccccc7)ccc65)ccc43)c2)cc1. The summed E-state index contributed by atoms with van der Waals surface area (Å²) in [6.07, 6.45) is 0. The lowest BCUT2D eigenvalue weighted by molar-refractivity contribution is 0.669. The van der Waals surface area contributed by atoms with Crippen molar-refractivity contribution in [1.29, 1.82) is 0 Å². The second-order valence-electron chi connectivity index (χ2n) is 18.4. The number of hydrogen-bond donors (Lipinski definition) is 0. The van der Waals surface area contributed by atoms with Crippen molar-refractivity contribution in [1.82, 2.24) is 9.13 Å². The van der Waals surface area contributed by atoms with E-state index in [-0.39, 0.29) is 0 Å². The molecule has 0 bridgehead atoms. The minimum atomic E-state index is -2.77. The predicted molar refractivity (Wildman–Crippen MR) is 297 cm³/mol. The van der Waals surface area contributed by atoms with E-state index in [0.717, 1.165) is 55.5 Å². The summed E-state index contributed by atoms with van der Waals surface area (Å²) >= 11 is 0. The molecule has 0 aliphatic carbocycles. The Morgan fingerprint density at radius 3 is 1.39 bits per heavy atom. The average Bonchev–Trinajstić information content (AvgIpc) is 4.09. The van der Waals surface area contributed by atoms with Gasteiger partial charge >= 0.3 is 0 Å². The lowest BCUT2D eigenvalue weighted by atomic mass is 10.0. The quantitative estimate of drug-likeness (QED) is 0.110. The highest BCUT2D eigenvalue weighted by molar-refractivity contribution is 7.20. The molecule has 11 aromatic carbocycles. The van der Waals surface area contributed by atoms with E-state index in [1.807, 2.05) is 12.1 Å². The van der Waals surface area contributed by atoms with E-state index in [1.54, 1.807) is 0 Å². The molecular weight excluding hydrogens is 865 g/mol. The molecule has 0 saturated heterocycles. The molecule has 3 aromatic heterocycles. The Morgan fingerprint density at radius 2 is 0.700 bits per heavy atom. The number of para-hydroxylation sites is 2. The maximum atomic E-state index is 6.25. The summed E-state index contributed by atoms with van der Waals surface area (Å²) in [5.74, 6) is 0. The molecule has 0 aliphatic heterocycles. The van der Waals surface area contributed by atoms with E-state index >= 15 is 0 Å². The van der Waals surface area contributed by atoms with Crippen LogP contribution in [-0.2, 0) is 0 Å². The van der Waals surface area contributed by atoms with Crippen LogP contribution in [0.15, 0.2) is 271 Å². The van der Waals surface area contributed by atoms with Crippen LogP contribution in [0, 0.1) is 0 Å². The minimum absolute atomic E-state index is 0.900. The van der Waals surface area contributed by atoms with E-state index in [1.165, 1.54) is 64.5 Å². The molecule has 3 heterocycles. The second kappa shape index (κ2) is 16.1. The monoisotopic (exact) mass is 908 g/mol. The standard InChI is InChI=1S/C66H44N2OSi/c1-5-18-45(19-6-1)46-20-17-21-49(40-46)67-62-36-32-47(48-33-39-66-60(42-48)56-29-14-16-31-65(56)69-66)41-57(62)58-43-50(34-37-63(58)67)68-61-30-15-13-28-55(61)59-44-54(35-38-64(59)68)70(51-22-7-2-8-23-51,52-24-9-3-10-25-52)53-26-11-4-12-27-53/h1-44H. The Bertz CT molecular complexity index is 4190. The maximum Gasteiger partial charge on any atom is 0.179 e. The van der Waals surface area contributed by atoms with Crippen LogP contribution < -0.4 is 20.7 Å². The summed E-state index contributed by atoms with van der Waals surface area (Å²) < 4.78 is 11.2. The molecule has 4 heteroatoms. The highest BCUT2D eigenvalue weighted by Crippen LogP contribution is 2.40. The number of nitrogens with zero attached hydrogens (tertiary/aromatic N) is 2. The topological polar surface area (TPSA) is 23.0 Å². The third-order valence-corrected chi connectivity index (χ3v) is 19.4. The zero-order chi connectivity index (χ0) is 46.2. The number of furan rings is 1. The summed E-state index contributed by atoms with van der Waals surface area (Å²) in [5.41, 5.74) is 13.4. The molecule has 0 spiro atoms. The number of aromatic nitrogens is 2. The van der Waals surface area contributed by atoms with Crippen LogP contribution in [0.4, 0.5) is 0 Å². The molecule has 0 atom stereocenters. The van der Waals surface area contributed by atoms with Gasteiger partial charge in [-0.05, 0) is 116 Å². The maximum absolute atomic E-state index is 6.25. The van der Waals surface area contributed by atoms with Crippen molar-refractivity contribution in [2.75, 3.05) is 0 Å². The van der Waals surface area contributed by atoms with E-state index in [0.29, 0.717) is 0 Å². The number of benzene rings is 11. The van der Waals surface area contributed by atoms with Gasteiger partial charge in [-0.25, -0.2) is 0 Å². The first-order valence-electron chi connectivity index (χ1n) is 24.1. The summed E-state index contributed by atoms with van der Waals surface area (Å²) in [7, 11) is -2.77. The van der Waals surface area contributed by atoms with E-state index < -0.39 is 8.07 Å². The van der Waals surface area contributed by atoms with Crippen molar-refractivity contribution in [2.45, 2.75) is 0 Å². The van der Waals surface area contributed by atoms with Gasteiger partial charge in [0.05, 0.1) is 22.1 Å². The largest absolute Gasteiger partial charge is 0.456 e. The van der Waals surface area contributed by atoms with Gasteiger partial charge in [-0.2, -0.15) is 0 Å². The van der Waals surface area contributed by atoms with Crippen LogP contribution in [0.25, 0.3) is 99.2 Å². The highest BCUT2D eigenvalue weighted by Gasteiger charge is 2.41. The molecule has 70 heavy (non-hydrogen) atoms. The fraction of sp³-hybridized carbons (Fsp3) is 0. The van der Waals surface area contributed by atoms with Gasteiger partial charge in [0.2, 0.25) is 0 Å². The molecule has 0 radical (unpaired) electrons. The first kappa shape index (κ1) is 40.1. The summed E-state index contributed by atoms with van der Waals surface area (Å²) in [5, 5.41) is 12.6. The number of fused-ring (bicyclic) bond motifs is 9. The number of rotatable bonds is 8. The van der Waals surface area contributed by atoms with Crippen molar-refractivity contribution in [3.8, 4) is 33.6 Å². The van der Waals surface area contributed by atoms with Gasteiger partial charge in [0.25, 0.3) is 0 Å². The Labute approximate surface area is 406 Å². The molecule has 0 aliphatic rings. The van der Waals surface area contributed by atoms with Gasteiger partial charge in [-0.3, -0.25) is 0 Å². The van der Waals surface area contributed by atoms with Gasteiger partial charge in [0, 0.05) is 43.7 Å². The van der Waals surface area contributed by atoms with E-state index in [2.05, 4.69) is 264 Å². The normalized spacial score (nSPS) is 12.0. The fourth-order valence-electron chi connectivity index (χ4n) is 11.5. The predicted octanol–water partition coefficient (Wildman–Crippen LogP) is 14.5. The van der Waals surface area contributed by atoms with Gasteiger partial charge < -0.3 is 13.6 Å². The van der Waals surface area contributed by atoms with Crippen molar-refractivity contribution >= 4 is 94.4 Å². The van der Waals surface area contributed by atoms with Crippen LogP contribution >= 0.6 is 0 Å². The third-order valence-electron chi connectivity index (χ3n) is 14.7. The number of hydrogen-bond acceptors (Lipinski definition) is 1. The van der Waals surface area contributed by atoms with Gasteiger partial charge in [-0.1, -0.05) is 194 Å². The molecule has 0 unspecified atom stereocenters. The second-order valence-corrected chi connectivity index (χ2v) is 22.2. The highest BCUT2D eigenvalue weighted by atomic mass is 28.3. The smallest absolute Gasteiger partial charge is 0.179 e. The molecule has 328 valence electrons. The van der Waals surface area contributed by atoms with E-state index in [4.69, 9.17) is 4.42 Å². The van der Waals surface area contributed by atoms with Crippen LogP contribution in [0.1, 0.15) is 0 Å². The van der Waals surface area contributed by atoms with Crippen molar-refractivity contribution in [2.24, 2.45) is 0 Å². The molecule has 14 aromatic rings. The fourth-order valence-corrected chi connectivity index (χ4v) is 16.3. The van der Waals surface area contributed by atoms with Gasteiger partial charge in [-0.15, -0.1) is 0 Å². The molecular formula is C66H44N2OSi. The van der Waals surface area contributed by atoms with E-state index in [9.17, 15) is 0 Å². The van der Waals surface area contributed by atoms with Gasteiger partial charge in [0.1, 0.15) is 11.2 Å². The Morgan fingerprint density at radius 1 is 0.243 bits per heavy atom. The van der Waals surface area contributed by atoms with Crippen molar-refractivity contribution in [3.05, 3.63) is 267 Å². The third kappa shape index (κ3) is 6.20. The summed E-state index contributed by atoms with van der Waals surface area (Å²) in [6, 6.07) is 98.4.